The smallest absolute Gasteiger partial charge is 0.303 e. The van der Waals surface area contributed by atoms with Crippen LogP contribution in [-0.2, 0) is 20.9 Å². The molecule has 8 heteroatoms. The van der Waals surface area contributed by atoms with E-state index < -0.39 is 5.97 Å². The Morgan fingerprint density at radius 3 is 2.79 bits per heavy atom. The molecule has 0 amide bonds. The maximum absolute atomic E-state index is 10.7. The van der Waals surface area contributed by atoms with Crippen LogP contribution in [0.1, 0.15) is 56.9 Å². The largest absolute Gasteiger partial charge is 0.493 e. The lowest BCUT2D eigenvalue weighted by Crippen LogP contribution is -2.34. The third kappa shape index (κ3) is 8.45. The molecular weight excluding hydrogens is 467 g/mol. The Morgan fingerprint density at radius 2 is 2.06 bits per heavy atom. The topological polar surface area (TPSA) is 85.2 Å². The molecule has 0 bridgehead atoms. The van der Waals surface area contributed by atoms with E-state index >= 15 is 0 Å². The van der Waals surface area contributed by atoms with Crippen molar-refractivity contribution >= 4 is 29.2 Å². The van der Waals surface area contributed by atoms with Gasteiger partial charge in [0.2, 0.25) is 0 Å². The van der Waals surface area contributed by atoms with Gasteiger partial charge in [-0.1, -0.05) is 23.8 Å². The van der Waals surface area contributed by atoms with Crippen LogP contribution >= 0.6 is 23.2 Å². The zero-order chi connectivity index (χ0) is 23.6. The molecule has 2 fully saturated rings. The normalized spacial score (nSPS) is 27.8. The summed E-state index contributed by atoms with van der Waals surface area (Å²) in [5, 5.41) is 18.7. The van der Waals surface area contributed by atoms with E-state index in [9.17, 15) is 9.90 Å². The molecule has 1 heterocycles. The number of hydrogen-bond acceptors (Lipinski definition) is 5. The molecule has 2 N–H and O–H groups in total. The summed E-state index contributed by atoms with van der Waals surface area (Å²) in [6.07, 6.45) is 9.94. The Kier molecular flexibility index (Phi) is 10.8. The standard InChI is InChI=1S/C25H34Cl2O6/c26-18-11-17(15-28)12-19(13-18)32-16-21-20(7-3-1-2-4-8-24(29)30)22(27)14-23(21)33-25-9-5-6-10-31-25/h1,3,11-13,20-23,25,28H,2,4-10,14-16H2,(H,29,30)/t20-,21-,22-,23-,25?/m1/s1. The van der Waals surface area contributed by atoms with E-state index in [0.29, 0.717) is 29.4 Å². The van der Waals surface area contributed by atoms with Crippen molar-refractivity contribution in [3.8, 4) is 5.75 Å². The molecule has 5 atom stereocenters. The molecule has 1 aliphatic carbocycles. The van der Waals surface area contributed by atoms with Gasteiger partial charge in [0, 0.05) is 29.3 Å². The Hall–Kier alpha value is -1.31. The van der Waals surface area contributed by atoms with Crippen molar-refractivity contribution < 1.29 is 29.2 Å². The maximum atomic E-state index is 10.7. The van der Waals surface area contributed by atoms with Crippen LogP contribution in [0.2, 0.25) is 5.02 Å². The predicted octanol–water partition coefficient (Wildman–Crippen LogP) is 5.57. The SMILES string of the molecule is O=C(O)CCCC=CC[C@@H]1[C@@H](COc2cc(Cl)cc(CO)c2)[C@H](OC2CCCCO2)C[C@H]1Cl. The van der Waals surface area contributed by atoms with E-state index in [4.69, 9.17) is 42.5 Å². The van der Waals surface area contributed by atoms with Crippen LogP contribution in [0.5, 0.6) is 5.75 Å². The Bertz CT molecular complexity index is 780. The minimum atomic E-state index is -0.771. The van der Waals surface area contributed by atoms with Crippen molar-refractivity contribution in [3.05, 3.63) is 40.9 Å². The first kappa shape index (κ1) is 26.3. The van der Waals surface area contributed by atoms with E-state index in [-0.39, 0.29) is 42.6 Å². The number of unbranched alkanes of at least 4 members (excludes halogenated alkanes) is 1. The minimum Gasteiger partial charge on any atom is -0.493 e. The fourth-order valence-corrected chi connectivity index (χ4v) is 5.28. The van der Waals surface area contributed by atoms with Gasteiger partial charge in [-0.2, -0.15) is 0 Å². The van der Waals surface area contributed by atoms with Gasteiger partial charge in [0.1, 0.15) is 5.75 Å². The number of carbonyl (C=O) groups is 1. The van der Waals surface area contributed by atoms with Crippen LogP contribution in [0, 0.1) is 11.8 Å². The number of aliphatic carboxylic acids is 1. The van der Waals surface area contributed by atoms with Crippen LogP contribution in [-0.4, -0.2) is 47.2 Å². The number of allylic oxidation sites excluding steroid dienone is 2. The summed E-state index contributed by atoms with van der Waals surface area (Å²) < 4.78 is 18.3. The Labute approximate surface area is 205 Å². The minimum absolute atomic E-state index is 0.0526. The number of benzene rings is 1. The second-order valence-electron chi connectivity index (χ2n) is 8.81. The second-order valence-corrected chi connectivity index (χ2v) is 9.80. The lowest BCUT2D eigenvalue weighted by Gasteiger charge is -2.30. The highest BCUT2D eigenvalue weighted by atomic mass is 35.5. The average Bonchev–Trinajstić information content (AvgIpc) is 3.08. The number of aliphatic hydroxyl groups excluding tert-OH is 1. The molecule has 1 aromatic carbocycles. The third-order valence-corrected chi connectivity index (χ3v) is 7.03. The van der Waals surface area contributed by atoms with Crippen LogP contribution < -0.4 is 4.74 Å². The van der Waals surface area contributed by atoms with E-state index in [1.165, 1.54) is 0 Å². The number of rotatable bonds is 12. The molecule has 1 aromatic rings. The summed E-state index contributed by atoms with van der Waals surface area (Å²) >= 11 is 12.9. The van der Waals surface area contributed by atoms with Crippen molar-refractivity contribution in [2.45, 2.75) is 75.7 Å². The van der Waals surface area contributed by atoms with Gasteiger partial charge in [0.05, 0.1) is 19.3 Å². The molecular formula is C25H34Cl2O6. The lowest BCUT2D eigenvalue weighted by atomic mass is 9.91. The van der Waals surface area contributed by atoms with Gasteiger partial charge in [0.15, 0.2) is 6.29 Å². The molecule has 1 saturated carbocycles. The number of ether oxygens (including phenoxy) is 3. The van der Waals surface area contributed by atoms with Crippen LogP contribution in [0.3, 0.4) is 0 Å². The quantitative estimate of drug-likeness (QED) is 0.221. The van der Waals surface area contributed by atoms with E-state index in [0.717, 1.165) is 45.1 Å². The highest BCUT2D eigenvalue weighted by Gasteiger charge is 2.44. The van der Waals surface area contributed by atoms with Gasteiger partial charge in [-0.25, -0.2) is 0 Å². The van der Waals surface area contributed by atoms with Crippen molar-refractivity contribution in [2.75, 3.05) is 13.2 Å². The van der Waals surface area contributed by atoms with Crippen molar-refractivity contribution in [1.29, 1.82) is 0 Å². The van der Waals surface area contributed by atoms with Gasteiger partial charge in [-0.15, -0.1) is 11.6 Å². The molecule has 0 spiro atoms. The van der Waals surface area contributed by atoms with E-state index in [1.54, 1.807) is 18.2 Å². The predicted molar refractivity (Wildman–Crippen MR) is 128 cm³/mol. The van der Waals surface area contributed by atoms with Crippen molar-refractivity contribution in [2.24, 2.45) is 11.8 Å². The first-order chi connectivity index (χ1) is 16.0. The summed E-state index contributed by atoms with van der Waals surface area (Å²) in [7, 11) is 0. The highest BCUT2D eigenvalue weighted by molar-refractivity contribution is 6.30. The summed E-state index contributed by atoms with van der Waals surface area (Å²) in [4.78, 5) is 10.7. The van der Waals surface area contributed by atoms with Gasteiger partial charge in [0.25, 0.3) is 0 Å². The summed E-state index contributed by atoms with van der Waals surface area (Å²) in [5.41, 5.74) is 0.698. The summed E-state index contributed by atoms with van der Waals surface area (Å²) in [6, 6.07) is 5.24. The molecule has 33 heavy (non-hydrogen) atoms. The number of alkyl halides is 1. The molecule has 3 rings (SSSR count). The average molecular weight is 501 g/mol. The van der Waals surface area contributed by atoms with Gasteiger partial charge in [-0.05, 0) is 74.6 Å². The summed E-state index contributed by atoms with van der Waals surface area (Å²) in [5.74, 6) is 0.0680. The number of carboxylic acids is 1. The maximum Gasteiger partial charge on any atom is 0.303 e. The zero-order valence-electron chi connectivity index (χ0n) is 18.8. The summed E-state index contributed by atoms with van der Waals surface area (Å²) in [6.45, 7) is 1.03. The number of halogens is 2. The molecule has 1 saturated heterocycles. The highest BCUT2D eigenvalue weighted by Crippen LogP contribution is 2.41. The zero-order valence-corrected chi connectivity index (χ0v) is 20.3. The first-order valence-corrected chi connectivity index (χ1v) is 12.6. The number of hydrogen-bond donors (Lipinski definition) is 2. The Balaban J connectivity index is 1.64. The number of aliphatic hydroxyl groups is 1. The number of carboxylic acid groups (broad SMARTS) is 1. The first-order valence-electron chi connectivity index (χ1n) is 11.8. The van der Waals surface area contributed by atoms with Crippen LogP contribution in [0.4, 0.5) is 0 Å². The van der Waals surface area contributed by atoms with E-state index in [2.05, 4.69) is 6.08 Å². The molecule has 184 valence electrons. The van der Waals surface area contributed by atoms with Crippen molar-refractivity contribution in [1.82, 2.24) is 0 Å². The lowest BCUT2D eigenvalue weighted by molar-refractivity contribution is -0.197. The molecule has 0 radical (unpaired) electrons. The molecule has 6 nitrogen and oxygen atoms in total. The molecule has 2 aliphatic rings. The van der Waals surface area contributed by atoms with Crippen LogP contribution in [0.15, 0.2) is 30.4 Å². The fourth-order valence-electron chi connectivity index (χ4n) is 4.57. The molecule has 0 aromatic heterocycles. The van der Waals surface area contributed by atoms with Gasteiger partial charge in [-0.3, -0.25) is 4.79 Å². The molecule has 1 unspecified atom stereocenters. The van der Waals surface area contributed by atoms with Crippen molar-refractivity contribution in [3.63, 3.8) is 0 Å². The molecule has 1 aliphatic heterocycles. The third-order valence-electron chi connectivity index (χ3n) is 6.31. The van der Waals surface area contributed by atoms with Gasteiger partial charge < -0.3 is 24.4 Å². The second kappa shape index (κ2) is 13.5. The Morgan fingerprint density at radius 1 is 1.21 bits per heavy atom. The fraction of sp³-hybridized carbons (Fsp3) is 0.640. The monoisotopic (exact) mass is 500 g/mol. The van der Waals surface area contributed by atoms with E-state index in [1.807, 2.05) is 6.08 Å². The van der Waals surface area contributed by atoms with Gasteiger partial charge >= 0.3 is 5.97 Å². The van der Waals surface area contributed by atoms with Crippen LogP contribution in [0.25, 0.3) is 0 Å².